The van der Waals surface area contributed by atoms with Gasteiger partial charge in [0, 0.05) is 13.5 Å². The molecule has 130 valence electrons. The Morgan fingerprint density at radius 1 is 1.27 bits per heavy atom. The number of rotatable bonds is 9. The van der Waals surface area contributed by atoms with Gasteiger partial charge in [0.25, 0.3) is 0 Å². The van der Waals surface area contributed by atoms with Crippen molar-refractivity contribution in [1.82, 2.24) is 0 Å². The number of hydrogen-bond donors (Lipinski definition) is 4. The lowest BCUT2D eigenvalue weighted by Gasteiger charge is -2.41. The Bertz CT molecular complexity index is 332. The lowest BCUT2D eigenvalue weighted by Crippen LogP contribution is -2.58. The van der Waals surface area contributed by atoms with Crippen LogP contribution in [0.5, 0.6) is 0 Å². The van der Waals surface area contributed by atoms with Gasteiger partial charge in [-0.05, 0) is 31.6 Å². The molecule has 0 spiro atoms. The summed E-state index contributed by atoms with van der Waals surface area (Å²) < 4.78 is 10.8. The number of unbranched alkanes of at least 4 members (excludes halogenated alkanes) is 2. The van der Waals surface area contributed by atoms with Crippen molar-refractivity contribution in [3.05, 3.63) is 0 Å². The fourth-order valence-electron chi connectivity index (χ4n) is 2.35. The number of nitrogens with two attached hydrogens (primary N) is 1. The van der Waals surface area contributed by atoms with Gasteiger partial charge in [0.05, 0.1) is 6.10 Å². The van der Waals surface area contributed by atoms with Gasteiger partial charge in [0.1, 0.15) is 17.6 Å². The molecule has 0 radical (unpaired) electrons. The second kappa shape index (κ2) is 10.4. The fourth-order valence-corrected chi connectivity index (χ4v) is 3.58. The smallest absolute Gasteiger partial charge is 0.303 e. The summed E-state index contributed by atoms with van der Waals surface area (Å²) in [5.74, 6) is 0.242. The maximum Gasteiger partial charge on any atom is 0.303 e. The molecule has 0 bridgehead atoms. The largest absolute Gasteiger partial charge is 0.456 e. The highest BCUT2D eigenvalue weighted by Crippen LogP contribution is 2.32. The lowest BCUT2D eigenvalue weighted by atomic mass is 9.98. The maximum atomic E-state index is 11.2. The first kappa shape index (κ1) is 19.7. The third-order valence-electron chi connectivity index (χ3n) is 3.49. The van der Waals surface area contributed by atoms with Gasteiger partial charge in [-0.1, -0.05) is 6.42 Å². The first-order valence-electron chi connectivity index (χ1n) is 7.62. The molecule has 0 aromatic rings. The number of ether oxygens (including phenoxy) is 2. The van der Waals surface area contributed by atoms with E-state index < -0.39 is 35.8 Å². The Labute approximate surface area is 135 Å². The molecule has 0 unspecified atom stereocenters. The van der Waals surface area contributed by atoms with Crippen LogP contribution in [0.15, 0.2) is 0 Å². The summed E-state index contributed by atoms with van der Waals surface area (Å²) in [7, 11) is 0. The van der Waals surface area contributed by atoms with Crippen molar-refractivity contribution in [2.24, 2.45) is 5.73 Å². The summed E-state index contributed by atoms with van der Waals surface area (Å²) >= 11 is 1.44. The molecule has 0 amide bonds. The minimum absolute atomic E-state index is 0.152. The quantitative estimate of drug-likeness (QED) is 0.331. The van der Waals surface area contributed by atoms with Crippen LogP contribution in [0.25, 0.3) is 0 Å². The predicted octanol–water partition coefficient (Wildman–Crippen LogP) is -0.391. The molecule has 1 aliphatic rings. The van der Waals surface area contributed by atoms with Crippen LogP contribution in [0.4, 0.5) is 0 Å². The third-order valence-corrected chi connectivity index (χ3v) is 4.72. The number of aliphatic hydroxyl groups excluding tert-OH is 3. The summed E-state index contributed by atoms with van der Waals surface area (Å²) in [6, 6.07) is 0. The van der Waals surface area contributed by atoms with Crippen molar-refractivity contribution in [3.8, 4) is 0 Å². The molecule has 22 heavy (non-hydrogen) atoms. The fraction of sp³-hybridized carbons (Fsp3) is 0.929. The molecular formula is C14H27NO6S. The van der Waals surface area contributed by atoms with Crippen molar-refractivity contribution in [1.29, 1.82) is 0 Å². The van der Waals surface area contributed by atoms with Gasteiger partial charge in [-0.15, -0.1) is 11.8 Å². The molecule has 1 saturated heterocycles. The van der Waals surface area contributed by atoms with E-state index in [1.807, 2.05) is 0 Å². The Kier molecular flexibility index (Phi) is 9.30. The van der Waals surface area contributed by atoms with Gasteiger partial charge >= 0.3 is 5.97 Å². The summed E-state index contributed by atoms with van der Waals surface area (Å²) in [5, 5.41) is 29.2. The zero-order valence-electron chi connectivity index (χ0n) is 12.9. The van der Waals surface area contributed by atoms with E-state index in [0.717, 1.165) is 25.0 Å². The third kappa shape index (κ3) is 6.02. The standard InChI is InChI=1S/C14H27NO6S/c1-9(17)20-13-12(19)11(18)10(5-7-16)21-14(13)22-8-4-2-3-6-15/h10-14,16,18-19H,2-8,15H2,1H3/t10-,11-,12+,13+,14-/m1/s1. The normalized spacial score (nSPS) is 32.0. The monoisotopic (exact) mass is 337 g/mol. The van der Waals surface area contributed by atoms with Crippen LogP contribution in [0.3, 0.4) is 0 Å². The molecular weight excluding hydrogens is 310 g/mol. The summed E-state index contributed by atoms with van der Waals surface area (Å²) in [4.78, 5) is 11.2. The number of hydrogen-bond acceptors (Lipinski definition) is 8. The van der Waals surface area contributed by atoms with Gasteiger partial charge in [0.15, 0.2) is 6.10 Å². The summed E-state index contributed by atoms with van der Waals surface area (Å²) in [5.41, 5.74) is 4.88. The number of carbonyl (C=O) groups is 1. The van der Waals surface area contributed by atoms with E-state index in [-0.39, 0.29) is 13.0 Å². The molecule has 5 atom stereocenters. The highest BCUT2D eigenvalue weighted by molar-refractivity contribution is 7.99. The minimum Gasteiger partial charge on any atom is -0.456 e. The van der Waals surface area contributed by atoms with Crippen molar-refractivity contribution < 1.29 is 29.6 Å². The van der Waals surface area contributed by atoms with Crippen LogP contribution in [0.2, 0.25) is 0 Å². The van der Waals surface area contributed by atoms with Gasteiger partial charge in [-0.2, -0.15) is 0 Å². The van der Waals surface area contributed by atoms with Gasteiger partial charge < -0.3 is 30.5 Å². The molecule has 0 aromatic carbocycles. The van der Waals surface area contributed by atoms with Crippen LogP contribution in [0.1, 0.15) is 32.6 Å². The van der Waals surface area contributed by atoms with Crippen molar-refractivity contribution in [2.75, 3.05) is 18.9 Å². The van der Waals surface area contributed by atoms with Crippen LogP contribution in [-0.4, -0.2) is 70.0 Å². The van der Waals surface area contributed by atoms with Crippen LogP contribution < -0.4 is 5.73 Å². The zero-order valence-corrected chi connectivity index (χ0v) is 13.7. The van der Waals surface area contributed by atoms with Gasteiger partial charge in [0.2, 0.25) is 0 Å². The second-order valence-corrected chi connectivity index (χ2v) is 6.54. The van der Waals surface area contributed by atoms with E-state index in [4.69, 9.17) is 20.3 Å². The molecule has 0 aromatic heterocycles. The molecule has 0 saturated carbocycles. The minimum atomic E-state index is -1.23. The van der Waals surface area contributed by atoms with Crippen molar-refractivity contribution in [3.63, 3.8) is 0 Å². The molecule has 8 heteroatoms. The van der Waals surface area contributed by atoms with E-state index >= 15 is 0 Å². The van der Waals surface area contributed by atoms with Crippen LogP contribution in [0, 0.1) is 0 Å². The summed E-state index contributed by atoms with van der Waals surface area (Å²) in [6.07, 6.45) is -0.891. The molecule has 5 N–H and O–H groups in total. The number of carbonyl (C=O) groups excluding carboxylic acids is 1. The maximum absolute atomic E-state index is 11.2. The van der Waals surface area contributed by atoms with Gasteiger partial charge in [-0.3, -0.25) is 4.79 Å². The number of aliphatic hydroxyl groups is 3. The van der Waals surface area contributed by atoms with E-state index in [1.54, 1.807) is 0 Å². The highest BCUT2D eigenvalue weighted by atomic mass is 32.2. The SMILES string of the molecule is CC(=O)O[C@H]1[C@@H](O)[C@H](O)[C@@H](CCO)O[C@@H]1SCCCCCN. The molecule has 1 heterocycles. The lowest BCUT2D eigenvalue weighted by molar-refractivity contribution is -0.214. The van der Waals surface area contributed by atoms with E-state index in [0.29, 0.717) is 6.54 Å². The van der Waals surface area contributed by atoms with E-state index in [1.165, 1.54) is 18.7 Å². The van der Waals surface area contributed by atoms with E-state index in [2.05, 4.69) is 0 Å². The van der Waals surface area contributed by atoms with E-state index in [9.17, 15) is 15.0 Å². The number of esters is 1. The van der Waals surface area contributed by atoms with Crippen molar-refractivity contribution in [2.45, 2.75) is 62.5 Å². The predicted molar refractivity (Wildman–Crippen MR) is 83.3 cm³/mol. The zero-order chi connectivity index (χ0) is 16.5. The van der Waals surface area contributed by atoms with Crippen LogP contribution >= 0.6 is 11.8 Å². The average molecular weight is 337 g/mol. The Morgan fingerprint density at radius 3 is 2.59 bits per heavy atom. The van der Waals surface area contributed by atoms with Gasteiger partial charge in [-0.25, -0.2) is 0 Å². The second-order valence-electron chi connectivity index (χ2n) is 5.33. The Morgan fingerprint density at radius 2 is 2.00 bits per heavy atom. The molecule has 1 aliphatic heterocycles. The summed E-state index contributed by atoms with van der Waals surface area (Å²) in [6.45, 7) is 1.76. The first-order chi connectivity index (χ1) is 10.5. The highest BCUT2D eigenvalue weighted by Gasteiger charge is 2.46. The Balaban J connectivity index is 2.62. The Hall–Kier alpha value is -0.380. The molecule has 1 fully saturated rings. The molecule has 1 rings (SSSR count). The average Bonchev–Trinajstić information content (AvgIpc) is 2.47. The van der Waals surface area contributed by atoms with Crippen LogP contribution in [-0.2, 0) is 14.3 Å². The molecule has 7 nitrogen and oxygen atoms in total. The first-order valence-corrected chi connectivity index (χ1v) is 8.67. The van der Waals surface area contributed by atoms with Crippen molar-refractivity contribution >= 4 is 17.7 Å². The topological polar surface area (TPSA) is 122 Å². The number of thioether (sulfide) groups is 1. The molecule has 0 aliphatic carbocycles.